The summed E-state index contributed by atoms with van der Waals surface area (Å²) in [5, 5.41) is 9.43. The van der Waals surface area contributed by atoms with Crippen LogP contribution < -0.4 is 9.62 Å². The Morgan fingerprint density at radius 1 is 0.750 bits per heavy atom. The van der Waals surface area contributed by atoms with Gasteiger partial charge in [-0.1, -0.05) is 88.4 Å². The molecule has 24 heteroatoms. The number of sulfonamides is 1. The largest absolute Gasteiger partial charge is 0.481 e. The molecule has 0 aromatic heterocycles. The number of aliphatic carboxylic acids is 1. The molecule has 0 radical (unpaired) electrons. The number of hydrogen-bond donors (Lipinski definition) is 6. The number of aryl methyl sites for hydroxylation is 1. The van der Waals surface area contributed by atoms with E-state index in [4.69, 9.17) is 9.84 Å². The highest BCUT2D eigenvalue weighted by atomic mass is 32.2. The number of nitrogens with one attached hydrogen (secondary N) is 1. The van der Waals surface area contributed by atoms with E-state index in [1.54, 1.807) is 68.5 Å². The highest BCUT2D eigenvalue weighted by Gasteiger charge is 2.42. The van der Waals surface area contributed by atoms with Crippen molar-refractivity contribution in [3.63, 3.8) is 0 Å². The molecule has 6 N–H and O–H groups in total. The van der Waals surface area contributed by atoms with E-state index in [2.05, 4.69) is 11.3 Å². The molecule has 392 valence electrons. The maximum Gasteiger partial charge on any atom is 0.303 e. The third-order valence-electron chi connectivity index (χ3n) is 12.5. The summed E-state index contributed by atoms with van der Waals surface area (Å²) in [6.45, 7) is 11.6. The van der Waals surface area contributed by atoms with Crippen molar-refractivity contribution in [1.29, 1.82) is 0 Å². The van der Waals surface area contributed by atoms with E-state index in [1.165, 1.54) is 25.3 Å². The summed E-state index contributed by atoms with van der Waals surface area (Å²) in [5.41, 5.74) is 0.856. The fourth-order valence-corrected chi connectivity index (χ4v) is 12.9. The van der Waals surface area contributed by atoms with Gasteiger partial charge in [-0.2, -0.15) is 33.7 Å². The Labute approximate surface area is 420 Å². The highest BCUT2D eigenvalue weighted by Crippen LogP contribution is 2.52. The number of ether oxygens (including phenoxy) is 1. The zero-order valence-electron chi connectivity index (χ0n) is 40.1. The van der Waals surface area contributed by atoms with Crippen molar-refractivity contribution in [2.24, 2.45) is 0 Å². The molecule has 1 unspecified atom stereocenters. The molecule has 19 nitrogen and oxygen atoms in total. The third-order valence-corrected chi connectivity index (χ3v) is 17.4. The summed E-state index contributed by atoms with van der Waals surface area (Å²) >= 11 is 0. The van der Waals surface area contributed by atoms with Gasteiger partial charge in [0, 0.05) is 59.6 Å². The molecule has 1 aliphatic heterocycles. The summed E-state index contributed by atoms with van der Waals surface area (Å²) in [7, 11) is -22.4. The van der Waals surface area contributed by atoms with Gasteiger partial charge in [-0.05, 0) is 102 Å². The molecule has 0 aliphatic carbocycles. The van der Waals surface area contributed by atoms with E-state index >= 15 is 0 Å². The van der Waals surface area contributed by atoms with Crippen LogP contribution in [0.2, 0.25) is 0 Å². The number of carboxylic acids is 1. The maximum absolute atomic E-state index is 13.5. The minimum Gasteiger partial charge on any atom is -0.481 e. The number of rotatable bonds is 24. The fourth-order valence-electron chi connectivity index (χ4n) is 9.16. The maximum atomic E-state index is 13.5. The molecule has 72 heavy (non-hydrogen) atoms. The molecule has 1 atom stereocenters. The molecule has 5 rings (SSSR count). The van der Waals surface area contributed by atoms with Crippen LogP contribution in [0.4, 0.5) is 5.69 Å². The van der Waals surface area contributed by atoms with Gasteiger partial charge >= 0.3 is 5.97 Å². The number of allylic oxidation sites excluding steroid dienone is 9. The van der Waals surface area contributed by atoms with Crippen molar-refractivity contribution in [1.82, 2.24) is 4.72 Å². The minimum absolute atomic E-state index is 0.000359. The van der Waals surface area contributed by atoms with Gasteiger partial charge in [-0.15, -0.1) is 0 Å². The Bertz CT molecular complexity index is 3510. The number of nitrogens with zero attached hydrogens (tertiary/aromatic N) is 1. The molecule has 0 saturated carbocycles. The Balaban J connectivity index is 1.57. The normalized spacial score (nSPS) is 16.2. The molecular weight excluding hydrogens is 1040 g/mol. The molecule has 1 heterocycles. The Morgan fingerprint density at radius 3 is 1.93 bits per heavy atom. The van der Waals surface area contributed by atoms with Crippen molar-refractivity contribution in [3.05, 3.63) is 126 Å². The average molecular weight is 1100 g/mol. The lowest BCUT2D eigenvalue weighted by molar-refractivity contribution is -0.137. The number of unbranched alkanes of at least 4 members (excludes halogenated alkanes) is 2. The quantitative estimate of drug-likeness (QED) is 0.0225. The molecule has 0 amide bonds. The molecule has 1 aliphatic rings. The van der Waals surface area contributed by atoms with Crippen LogP contribution in [0.3, 0.4) is 0 Å². The number of benzene rings is 4. The summed E-state index contributed by atoms with van der Waals surface area (Å²) < 4.78 is 173. The number of carbonyl (C=O) groups is 1. The van der Waals surface area contributed by atoms with Crippen LogP contribution in [0.15, 0.2) is 128 Å². The molecule has 4 aromatic carbocycles. The first-order valence-electron chi connectivity index (χ1n) is 22.2. The first-order chi connectivity index (χ1) is 33.3. The minimum atomic E-state index is -5.02. The average Bonchev–Trinajstić information content (AvgIpc) is 3.47. The van der Waals surface area contributed by atoms with Crippen LogP contribution in [-0.2, 0) is 70.9 Å². The van der Waals surface area contributed by atoms with Crippen molar-refractivity contribution in [2.45, 2.75) is 96.6 Å². The van der Waals surface area contributed by atoms with Gasteiger partial charge in [0.15, 0.2) is 0 Å². The van der Waals surface area contributed by atoms with Crippen LogP contribution in [0.5, 0.6) is 0 Å². The van der Waals surface area contributed by atoms with Gasteiger partial charge in [0.25, 0.3) is 40.5 Å². The van der Waals surface area contributed by atoms with Crippen LogP contribution in [0.25, 0.3) is 21.5 Å². The Kier molecular flexibility index (Phi) is 17.8. The first kappa shape index (κ1) is 57.8. The lowest BCUT2D eigenvalue weighted by atomic mass is 9.70. The second kappa shape index (κ2) is 22.2. The second-order valence-electron chi connectivity index (χ2n) is 18.0. The Hall–Kier alpha value is -5.12. The van der Waals surface area contributed by atoms with Gasteiger partial charge in [-0.3, -0.25) is 23.0 Å². The van der Waals surface area contributed by atoms with E-state index in [1.807, 2.05) is 18.7 Å². The molecule has 0 spiro atoms. The molecule has 0 saturated heterocycles. The predicted octanol–water partition coefficient (Wildman–Crippen LogP) is 7.44. The number of anilines is 1. The van der Waals surface area contributed by atoms with Crippen LogP contribution in [0.1, 0.15) is 76.0 Å². The van der Waals surface area contributed by atoms with Gasteiger partial charge < -0.3 is 14.7 Å². The topological polar surface area (TPSA) is 313 Å². The fraction of sp³-hybridized carbons (Fsp3) is 0.354. The zero-order chi connectivity index (χ0) is 53.8. The second-order valence-corrected chi connectivity index (χ2v) is 25.5. The first-order valence-corrected chi connectivity index (χ1v) is 29.6. The van der Waals surface area contributed by atoms with Gasteiger partial charge in [-0.25, -0.2) is 13.1 Å². The van der Waals surface area contributed by atoms with Crippen molar-refractivity contribution >= 4 is 83.7 Å². The summed E-state index contributed by atoms with van der Waals surface area (Å²) in [6.07, 6.45) is 13.2. The van der Waals surface area contributed by atoms with Crippen molar-refractivity contribution in [3.8, 4) is 0 Å². The lowest BCUT2D eigenvalue weighted by Gasteiger charge is -2.34. The highest BCUT2D eigenvalue weighted by molar-refractivity contribution is 7.89. The lowest BCUT2D eigenvalue weighted by Crippen LogP contribution is -2.28. The smallest absolute Gasteiger partial charge is 0.303 e. The van der Waals surface area contributed by atoms with Crippen LogP contribution in [-0.4, -0.2) is 104 Å². The van der Waals surface area contributed by atoms with E-state index in [9.17, 15) is 65.1 Å². The number of methoxy groups -OCH3 is 1. The number of hydrogen-bond acceptors (Lipinski definition) is 13. The SMILES string of the molecule is C=C(/C=C/C=C/C=C/C=C1/N(CCCCCC(=O)O)c2ccc3c(S(=O)(=O)O)cc(S(=O)(=O)O)cc3c2C1(C)C)C(C)(CCCS(=O)(=O)O)c1c(C)ccc2c(S(=O)(=O)O)cc(S(=O)(=O)NCCOC)cc12. The summed E-state index contributed by atoms with van der Waals surface area (Å²) in [6, 6.07) is 10.0. The summed E-state index contributed by atoms with van der Waals surface area (Å²) in [5.74, 6) is -1.57. The number of carboxylic acid groups (broad SMARTS) is 1. The summed E-state index contributed by atoms with van der Waals surface area (Å²) in [4.78, 5) is 10.5. The van der Waals surface area contributed by atoms with E-state index in [0.29, 0.717) is 65.5 Å². The zero-order valence-corrected chi connectivity index (χ0v) is 44.1. The van der Waals surface area contributed by atoms with Gasteiger partial charge in [0.1, 0.15) is 9.79 Å². The standard InChI is InChI=1S/C48H58N2O17S5/c1-32-19-20-36-38(28-34(30-41(36)71(61,62)63)69(56,57)49-24-26-67-6)45(32)48(5,23-15-27-68(53,54)55)33(2)16-11-8-7-9-12-17-43-47(3,4)46-39-29-35(70(58,59)60)31-42(72(64,65)66)37(39)21-22-40(46)50(43)25-14-10-13-18-44(51)52/h7-9,11-12,16-17,19-22,28-31,49H,2,10,13-15,18,23-27H2,1,3-6H3,(H,51,52)(H,53,54,55)(H,58,59,60)(H,61,62,63)(H,64,65,66)/b8-7+,12-9+,16-11+,43-17+. The van der Waals surface area contributed by atoms with Crippen LogP contribution >= 0.6 is 0 Å². The third kappa shape index (κ3) is 13.3. The molecule has 4 aromatic rings. The Morgan fingerprint density at radius 2 is 1.33 bits per heavy atom. The van der Waals surface area contributed by atoms with E-state index < -0.39 is 92.6 Å². The van der Waals surface area contributed by atoms with Crippen LogP contribution in [0, 0.1) is 6.92 Å². The van der Waals surface area contributed by atoms with E-state index in [-0.39, 0.29) is 54.0 Å². The van der Waals surface area contributed by atoms with Crippen molar-refractivity contribution < 1.29 is 74.9 Å². The predicted molar refractivity (Wildman–Crippen MR) is 273 cm³/mol. The van der Waals surface area contributed by atoms with Gasteiger partial charge in [0.2, 0.25) is 10.0 Å². The van der Waals surface area contributed by atoms with E-state index in [0.717, 1.165) is 12.1 Å². The number of fused-ring (bicyclic) bond motifs is 4. The van der Waals surface area contributed by atoms with Gasteiger partial charge in [0.05, 0.1) is 22.2 Å². The molecule has 0 bridgehead atoms. The molecule has 0 fully saturated rings. The van der Waals surface area contributed by atoms with Crippen molar-refractivity contribution in [2.75, 3.05) is 37.5 Å². The monoisotopic (exact) mass is 1090 g/mol. The molecular formula is C48H58N2O17S5.